The van der Waals surface area contributed by atoms with Crippen LogP contribution in [0.1, 0.15) is 35.3 Å². The van der Waals surface area contributed by atoms with E-state index in [1.807, 2.05) is 30.5 Å². The summed E-state index contributed by atoms with van der Waals surface area (Å²) in [6, 6.07) is 11.4. The van der Waals surface area contributed by atoms with Crippen LogP contribution in [0.5, 0.6) is 0 Å². The SMILES string of the molecule is CN(C)c1cc(C(=O)N2CCN(CC#CCN3CCOCC3(C)C)CC2Cc2c[nH]c3ccccc23)cc(C(F)(F)F)c1. The van der Waals surface area contributed by atoms with Crippen LogP contribution >= 0.6 is 0 Å². The van der Waals surface area contributed by atoms with Gasteiger partial charge in [-0.25, -0.2) is 0 Å². The van der Waals surface area contributed by atoms with Crippen molar-refractivity contribution in [3.05, 3.63) is 65.4 Å². The Morgan fingerprint density at radius 3 is 2.60 bits per heavy atom. The van der Waals surface area contributed by atoms with E-state index in [1.165, 1.54) is 0 Å². The van der Waals surface area contributed by atoms with Crippen LogP contribution in [0.2, 0.25) is 0 Å². The number of fused-ring (bicyclic) bond motifs is 1. The minimum Gasteiger partial charge on any atom is -0.378 e. The second-order valence-electron chi connectivity index (χ2n) is 12.3. The van der Waals surface area contributed by atoms with Gasteiger partial charge in [0.25, 0.3) is 5.91 Å². The molecule has 1 N–H and O–H groups in total. The Bertz CT molecular complexity index is 1500. The number of nitrogens with one attached hydrogen (secondary N) is 1. The zero-order valence-corrected chi connectivity index (χ0v) is 25.3. The highest BCUT2D eigenvalue weighted by molar-refractivity contribution is 5.96. The highest BCUT2D eigenvalue weighted by atomic mass is 19.4. The minimum atomic E-state index is -4.56. The van der Waals surface area contributed by atoms with E-state index >= 15 is 0 Å². The molecule has 0 saturated carbocycles. The first-order valence-corrected chi connectivity index (χ1v) is 14.7. The normalized spacial score (nSPS) is 19.7. The number of carbonyl (C=O) groups is 1. The van der Waals surface area contributed by atoms with Crippen LogP contribution in [0.15, 0.2) is 48.7 Å². The third kappa shape index (κ3) is 7.18. The maximum absolute atomic E-state index is 13.9. The molecule has 5 rings (SSSR count). The van der Waals surface area contributed by atoms with Crippen molar-refractivity contribution < 1.29 is 22.7 Å². The van der Waals surface area contributed by atoms with Crippen LogP contribution < -0.4 is 4.90 Å². The maximum atomic E-state index is 13.9. The number of aromatic amines is 1. The van der Waals surface area contributed by atoms with Gasteiger partial charge >= 0.3 is 6.18 Å². The predicted molar refractivity (Wildman–Crippen MR) is 163 cm³/mol. The Hall–Kier alpha value is -3.52. The number of benzene rings is 2. The first-order valence-electron chi connectivity index (χ1n) is 14.7. The van der Waals surface area contributed by atoms with E-state index in [0.717, 1.165) is 35.1 Å². The number of carbonyl (C=O) groups excluding carboxylic acids is 1. The molecule has 43 heavy (non-hydrogen) atoms. The molecule has 1 unspecified atom stereocenters. The topological polar surface area (TPSA) is 55.1 Å². The molecular weight excluding hydrogens is 555 g/mol. The Morgan fingerprint density at radius 1 is 1.09 bits per heavy atom. The molecule has 1 atom stereocenters. The van der Waals surface area contributed by atoms with Gasteiger partial charge in [-0.2, -0.15) is 13.2 Å². The Balaban J connectivity index is 1.37. The van der Waals surface area contributed by atoms with E-state index in [-0.39, 0.29) is 23.1 Å². The monoisotopic (exact) mass is 595 g/mol. The van der Waals surface area contributed by atoms with Gasteiger partial charge in [0.15, 0.2) is 0 Å². The molecule has 2 aromatic carbocycles. The van der Waals surface area contributed by atoms with Crippen molar-refractivity contribution >= 4 is 22.5 Å². The standard InChI is InChI=1S/C33H40F3N5O2/c1-32(2)23-43-16-15-40(32)12-8-7-11-39-13-14-41(28(22-39)19-25-21-37-30-10-6-5-9-29(25)30)31(42)24-17-26(33(34,35)36)20-27(18-24)38(3)4/h5-6,9-10,17-18,20-21,28,37H,11-16,19,22-23H2,1-4H3. The summed E-state index contributed by atoms with van der Waals surface area (Å²) in [5.74, 6) is 6.25. The fourth-order valence-corrected chi connectivity index (χ4v) is 5.88. The molecule has 10 heteroatoms. The molecule has 7 nitrogen and oxygen atoms in total. The van der Waals surface area contributed by atoms with Crippen LogP contribution in [-0.2, 0) is 17.3 Å². The van der Waals surface area contributed by atoms with E-state index in [9.17, 15) is 18.0 Å². The predicted octanol–water partition coefficient (Wildman–Crippen LogP) is 4.74. The molecule has 1 aromatic heterocycles. The number of piperazine rings is 1. The van der Waals surface area contributed by atoms with Gasteiger partial charge in [-0.1, -0.05) is 30.0 Å². The van der Waals surface area contributed by atoms with Gasteiger partial charge < -0.3 is 19.5 Å². The number of hydrogen-bond donors (Lipinski definition) is 1. The Morgan fingerprint density at radius 2 is 1.86 bits per heavy atom. The lowest BCUT2D eigenvalue weighted by Crippen LogP contribution is -2.56. The zero-order chi connectivity index (χ0) is 30.8. The minimum absolute atomic E-state index is 0.0452. The van der Waals surface area contributed by atoms with Crippen LogP contribution in [0, 0.1) is 11.8 Å². The molecule has 0 bridgehead atoms. The molecule has 2 aliphatic rings. The van der Waals surface area contributed by atoms with Crippen molar-refractivity contribution in [3.63, 3.8) is 0 Å². The number of halogens is 3. The highest BCUT2D eigenvalue weighted by Gasteiger charge is 2.35. The van der Waals surface area contributed by atoms with E-state index in [2.05, 4.69) is 40.5 Å². The van der Waals surface area contributed by atoms with E-state index in [0.29, 0.717) is 58.0 Å². The van der Waals surface area contributed by atoms with Crippen molar-refractivity contribution in [1.29, 1.82) is 0 Å². The number of morpholine rings is 1. The first kappa shape index (κ1) is 30.9. The molecule has 0 spiro atoms. The molecule has 3 heterocycles. The van der Waals surface area contributed by atoms with Crippen molar-refractivity contribution in [2.45, 2.75) is 38.0 Å². The molecule has 2 saturated heterocycles. The third-order valence-corrected chi connectivity index (χ3v) is 8.48. The van der Waals surface area contributed by atoms with Gasteiger partial charge in [0, 0.05) is 80.2 Å². The molecule has 0 aliphatic carbocycles. The molecule has 2 aliphatic heterocycles. The third-order valence-electron chi connectivity index (χ3n) is 8.48. The summed E-state index contributed by atoms with van der Waals surface area (Å²) >= 11 is 0. The van der Waals surface area contributed by atoms with Crippen LogP contribution in [0.25, 0.3) is 10.9 Å². The van der Waals surface area contributed by atoms with E-state index < -0.39 is 11.7 Å². The summed E-state index contributed by atoms with van der Waals surface area (Å²) < 4.78 is 46.9. The number of anilines is 1. The second kappa shape index (κ2) is 12.6. The van der Waals surface area contributed by atoms with Gasteiger partial charge in [0.05, 0.1) is 31.9 Å². The van der Waals surface area contributed by atoms with Crippen LogP contribution in [0.4, 0.5) is 18.9 Å². The summed E-state index contributed by atoms with van der Waals surface area (Å²) in [7, 11) is 3.34. The largest absolute Gasteiger partial charge is 0.416 e. The second-order valence-corrected chi connectivity index (χ2v) is 12.3. The summed E-state index contributed by atoms with van der Waals surface area (Å²) in [5, 5.41) is 1.08. The lowest BCUT2D eigenvalue weighted by atomic mass is 9.99. The Labute approximate surface area is 251 Å². The number of hydrogen-bond acceptors (Lipinski definition) is 5. The number of amides is 1. The van der Waals surface area contributed by atoms with E-state index in [1.54, 1.807) is 30.0 Å². The lowest BCUT2D eigenvalue weighted by molar-refractivity contribution is -0.137. The molecule has 1 amide bonds. The quantitative estimate of drug-likeness (QED) is 0.418. The van der Waals surface area contributed by atoms with Gasteiger partial charge in [-0.3, -0.25) is 14.6 Å². The fraction of sp³-hybridized carbons (Fsp3) is 0.485. The highest BCUT2D eigenvalue weighted by Crippen LogP contribution is 2.33. The van der Waals surface area contributed by atoms with Gasteiger partial charge in [-0.15, -0.1) is 0 Å². The van der Waals surface area contributed by atoms with Crippen molar-refractivity contribution in [2.24, 2.45) is 0 Å². The number of rotatable bonds is 6. The number of para-hydroxylation sites is 1. The van der Waals surface area contributed by atoms with Gasteiger partial charge in [-0.05, 0) is 50.1 Å². The first-order chi connectivity index (χ1) is 20.4. The van der Waals surface area contributed by atoms with Crippen molar-refractivity contribution in [2.75, 3.05) is 71.5 Å². The van der Waals surface area contributed by atoms with E-state index in [4.69, 9.17) is 4.74 Å². The average molecular weight is 596 g/mol. The van der Waals surface area contributed by atoms with Crippen LogP contribution in [-0.4, -0.2) is 104 Å². The molecule has 0 radical (unpaired) electrons. The molecular formula is C33H40F3N5O2. The number of nitrogens with zero attached hydrogens (tertiary/aromatic N) is 4. The van der Waals surface area contributed by atoms with Crippen LogP contribution in [0.3, 0.4) is 0 Å². The molecule has 2 fully saturated rings. The van der Waals surface area contributed by atoms with Crippen molar-refractivity contribution in [1.82, 2.24) is 19.7 Å². The molecule has 230 valence electrons. The summed E-state index contributed by atoms with van der Waals surface area (Å²) in [5.41, 5.74) is 1.58. The number of alkyl halides is 3. The summed E-state index contributed by atoms with van der Waals surface area (Å²) in [6.45, 7) is 9.34. The number of H-pyrrole nitrogens is 1. The summed E-state index contributed by atoms with van der Waals surface area (Å²) in [4.78, 5) is 25.1. The van der Waals surface area contributed by atoms with Gasteiger partial charge in [0.2, 0.25) is 0 Å². The van der Waals surface area contributed by atoms with Gasteiger partial charge in [0.1, 0.15) is 0 Å². The maximum Gasteiger partial charge on any atom is 0.416 e. The fourth-order valence-electron chi connectivity index (χ4n) is 5.88. The molecule has 3 aromatic rings. The zero-order valence-electron chi connectivity index (χ0n) is 25.3. The smallest absolute Gasteiger partial charge is 0.378 e. The number of aromatic nitrogens is 1. The number of ether oxygens (including phenoxy) is 1. The lowest BCUT2D eigenvalue weighted by Gasteiger charge is -2.41. The van der Waals surface area contributed by atoms with Crippen molar-refractivity contribution in [3.8, 4) is 11.8 Å². The summed E-state index contributed by atoms with van der Waals surface area (Å²) in [6.07, 6.45) is -2.02. The average Bonchev–Trinajstić information content (AvgIpc) is 3.37. The Kier molecular flexibility index (Phi) is 9.07.